The first-order valence-corrected chi connectivity index (χ1v) is 14.9. The Bertz CT molecular complexity index is 1060. The summed E-state index contributed by atoms with van der Waals surface area (Å²) in [7, 11) is 0. The Hall–Kier alpha value is -1.37. The number of hydrogen-bond donors (Lipinski definition) is 0. The minimum absolute atomic E-state index is 0. The van der Waals surface area contributed by atoms with Gasteiger partial charge in [-0.2, -0.15) is 0 Å². The van der Waals surface area contributed by atoms with Gasteiger partial charge in [-0.3, -0.25) is 4.90 Å². The average Bonchev–Trinajstić information content (AvgIpc) is 2.72. The normalized spacial score (nSPS) is 13.0. The maximum atomic E-state index is 13.6. The molecule has 0 aliphatic rings. The smallest absolute Gasteiger partial charge is 0.872 e. The van der Waals surface area contributed by atoms with Gasteiger partial charge in [-0.05, 0) is 61.6 Å². The molecule has 42 heavy (non-hydrogen) atoms. The molecule has 0 radical (unpaired) electrons. The Morgan fingerprint density at radius 1 is 0.548 bits per heavy atom. The van der Waals surface area contributed by atoms with E-state index in [0.717, 1.165) is 22.3 Å². The summed E-state index contributed by atoms with van der Waals surface area (Å²) >= 11 is 0. The second kappa shape index (κ2) is 14.6. The first-order valence-electron chi connectivity index (χ1n) is 14.9. The molecule has 0 heterocycles. The van der Waals surface area contributed by atoms with Crippen molar-refractivity contribution in [1.29, 1.82) is 0 Å². The van der Waals surface area contributed by atoms with Gasteiger partial charge in [-0.1, -0.05) is 128 Å². The van der Waals surface area contributed by atoms with Crippen molar-refractivity contribution in [3.05, 3.63) is 57.6 Å². The molecule has 2 aromatic rings. The molecule has 0 spiro atoms. The molecule has 0 aliphatic heterocycles. The second-order valence-electron chi connectivity index (χ2n) is 16.6. The van der Waals surface area contributed by atoms with Crippen LogP contribution in [-0.4, -0.2) is 23.7 Å². The van der Waals surface area contributed by atoms with Crippen LogP contribution in [-0.2, 0) is 56.5 Å². The first-order chi connectivity index (χ1) is 18.2. The predicted octanol–water partition coefficient (Wildman–Crippen LogP) is 5.53. The summed E-state index contributed by atoms with van der Waals surface area (Å²) in [5, 5.41) is 49.0. The van der Waals surface area contributed by atoms with Gasteiger partial charge in [0.05, 0.1) is 0 Å². The fraction of sp³-hybridized carbons (Fsp3) is 0.667. The summed E-state index contributed by atoms with van der Waals surface area (Å²) in [6, 6.07) is 8.09. The molecule has 2 rings (SSSR count). The maximum Gasteiger partial charge on any atom is 4.00 e. The molecule has 0 amide bonds. The molecule has 0 saturated carbocycles. The van der Waals surface area contributed by atoms with Crippen LogP contribution in [0.3, 0.4) is 0 Å². The van der Waals surface area contributed by atoms with E-state index < -0.39 is 5.60 Å². The largest absolute Gasteiger partial charge is 4.00 e. The number of benzene rings is 2. The van der Waals surface area contributed by atoms with Crippen molar-refractivity contribution in [1.82, 2.24) is 4.90 Å². The van der Waals surface area contributed by atoms with Gasteiger partial charge in [0.25, 0.3) is 0 Å². The summed E-state index contributed by atoms with van der Waals surface area (Å²) in [6.07, 6.45) is 0. The molecular weight excluding hydrogens is 558 g/mol. The summed E-state index contributed by atoms with van der Waals surface area (Å²) in [6.45, 7) is 30.8. The van der Waals surface area contributed by atoms with Gasteiger partial charge in [0, 0.05) is 13.1 Å². The van der Waals surface area contributed by atoms with Gasteiger partial charge >= 0.3 is 21.7 Å². The number of nitrogens with zero attached hydrogens (tertiary/aromatic N) is 1. The molecule has 0 aromatic heterocycles. The summed E-state index contributed by atoms with van der Waals surface area (Å²) in [4.78, 5) is 1.97. The van der Waals surface area contributed by atoms with Crippen molar-refractivity contribution in [2.45, 2.75) is 144 Å². The summed E-state index contributed by atoms with van der Waals surface area (Å²) in [5.41, 5.74) is 3.63. The van der Waals surface area contributed by atoms with Gasteiger partial charge in [0.2, 0.25) is 0 Å². The van der Waals surface area contributed by atoms with Crippen molar-refractivity contribution in [3.8, 4) is 11.5 Å². The molecule has 0 N–H and O–H groups in total. The quantitative estimate of drug-likeness (QED) is 0.399. The van der Waals surface area contributed by atoms with E-state index in [4.69, 9.17) is 0 Å². The maximum absolute atomic E-state index is 13.6. The molecule has 5 nitrogen and oxygen atoms in total. The van der Waals surface area contributed by atoms with Crippen molar-refractivity contribution in [3.63, 3.8) is 0 Å². The van der Waals surface area contributed by atoms with E-state index >= 15 is 0 Å². The van der Waals surface area contributed by atoms with Crippen LogP contribution in [0, 0.1) is 0 Å². The SMILES string of the molecule is CC(C)(C)[O-].CC(C)(C)c1cc(CN(CC[O-])Cc2cc(C(C)(C)C)cc(C(C)(C)C)c2[O-])c([O-])c(C(C)(C)C)c1.[Ti+4]. The van der Waals surface area contributed by atoms with Crippen molar-refractivity contribution in [2.24, 2.45) is 0 Å². The zero-order valence-corrected chi connectivity index (χ0v) is 30.8. The average molecular weight is 616 g/mol. The Balaban J connectivity index is 0.00000257. The Labute approximate surface area is 272 Å². The second-order valence-corrected chi connectivity index (χ2v) is 16.6. The molecule has 0 unspecified atom stereocenters. The van der Waals surface area contributed by atoms with Crippen LogP contribution >= 0.6 is 0 Å². The van der Waals surface area contributed by atoms with Gasteiger partial charge in [0.15, 0.2) is 0 Å². The van der Waals surface area contributed by atoms with E-state index in [0.29, 0.717) is 24.2 Å². The van der Waals surface area contributed by atoms with Gasteiger partial charge in [-0.25, -0.2) is 0 Å². The van der Waals surface area contributed by atoms with E-state index in [9.17, 15) is 20.4 Å². The first kappa shape index (κ1) is 40.6. The Kier molecular flexibility index (Phi) is 14.1. The molecule has 234 valence electrons. The van der Waals surface area contributed by atoms with Crippen LogP contribution in [0.25, 0.3) is 0 Å². The molecule has 0 atom stereocenters. The molecule has 0 bridgehead atoms. The Morgan fingerprint density at radius 3 is 1.05 bits per heavy atom. The van der Waals surface area contributed by atoms with E-state index in [2.05, 4.69) is 83.1 Å². The monoisotopic (exact) mass is 615 g/mol. The topological polar surface area (TPSA) is 95.5 Å². The van der Waals surface area contributed by atoms with Crippen LogP contribution in [0.15, 0.2) is 24.3 Å². The predicted molar refractivity (Wildman–Crippen MR) is 165 cm³/mol. The fourth-order valence-electron chi connectivity index (χ4n) is 4.42. The number of rotatable bonds is 6. The van der Waals surface area contributed by atoms with E-state index in [-0.39, 0.29) is 68.0 Å². The van der Waals surface area contributed by atoms with Crippen LogP contribution < -0.4 is 20.4 Å². The molecule has 0 fully saturated rings. The molecule has 2 aromatic carbocycles. The number of hydrogen-bond acceptors (Lipinski definition) is 5. The summed E-state index contributed by atoms with van der Waals surface area (Å²) in [5.74, 6) is 0.0696. The van der Waals surface area contributed by atoms with Crippen molar-refractivity contribution in [2.75, 3.05) is 13.2 Å². The third kappa shape index (κ3) is 12.7. The van der Waals surface area contributed by atoms with E-state index in [1.807, 2.05) is 29.2 Å². The van der Waals surface area contributed by atoms with Crippen molar-refractivity contribution < 1.29 is 42.1 Å². The van der Waals surface area contributed by atoms with Crippen LogP contribution in [0.5, 0.6) is 11.5 Å². The molecule has 0 saturated heterocycles. The zero-order chi connectivity index (χ0) is 32.4. The van der Waals surface area contributed by atoms with E-state index in [1.54, 1.807) is 20.8 Å². The van der Waals surface area contributed by atoms with Crippen LogP contribution in [0.2, 0.25) is 0 Å². The third-order valence-electron chi connectivity index (χ3n) is 6.88. The van der Waals surface area contributed by atoms with Gasteiger partial charge < -0.3 is 20.4 Å². The third-order valence-corrected chi connectivity index (χ3v) is 6.88. The van der Waals surface area contributed by atoms with E-state index in [1.165, 1.54) is 0 Å². The molecule has 0 aliphatic carbocycles. The molecule has 6 heteroatoms. The minimum atomic E-state index is -0.750. The minimum Gasteiger partial charge on any atom is -0.872 e. The van der Waals surface area contributed by atoms with Gasteiger partial charge in [-0.15, -0.1) is 23.7 Å². The Morgan fingerprint density at radius 2 is 0.833 bits per heavy atom. The van der Waals surface area contributed by atoms with Crippen LogP contribution in [0.4, 0.5) is 0 Å². The summed E-state index contributed by atoms with van der Waals surface area (Å²) < 4.78 is 0. The standard InChI is InChI=1S/C32H50NO3.C4H9O.Ti/c1-29(2,3)23-15-21(27(35)25(17-23)31(7,8)9)19-33(13-14-34)20-22-16-24(30(4,5)6)18-26(28(22)36)32(10,11)12;1-4(2,3)5;/h15-18,35-36H,13-14,19-20H2,1-12H3;1-3H3;/q2*-1;+4/p-2. The fourth-order valence-corrected chi connectivity index (χ4v) is 4.42. The molecular formula is C36H57NO4Ti. The van der Waals surface area contributed by atoms with Crippen molar-refractivity contribution >= 4 is 0 Å². The zero-order valence-electron chi connectivity index (χ0n) is 29.2. The van der Waals surface area contributed by atoms with Crippen LogP contribution in [0.1, 0.15) is 137 Å². The van der Waals surface area contributed by atoms with Gasteiger partial charge in [0.1, 0.15) is 0 Å².